The monoisotopic (exact) mass is 287 g/mol. The van der Waals surface area contributed by atoms with E-state index in [1.165, 1.54) is 11.1 Å². The van der Waals surface area contributed by atoms with E-state index < -0.39 is 0 Å². The fourth-order valence-electron chi connectivity index (χ4n) is 3.28. The van der Waals surface area contributed by atoms with Gasteiger partial charge in [-0.1, -0.05) is 24.3 Å². The molecule has 2 aliphatic rings. The summed E-state index contributed by atoms with van der Waals surface area (Å²) in [4.78, 5) is 12.2. The number of rotatable bonds is 4. The van der Waals surface area contributed by atoms with Crippen LogP contribution in [0.25, 0.3) is 0 Å². The summed E-state index contributed by atoms with van der Waals surface area (Å²) in [5, 5.41) is 6.27. The Hall–Kier alpha value is -1.55. The van der Waals surface area contributed by atoms with Crippen LogP contribution in [0.15, 0.2) is 24.3 Å². The third kappa shape index (κ3) is 3.56. The van der Waals surface area contributed by atoms with Gasteiger partial charge in [0.1, 0.15) is 0 Å². The van der Waals surface area contributed by atoms with E-state index in [9.17, 15) is 4.79 Å². The maximum atomic E-state index is 12.2. The van der Waals surface area contributed by atoms with Gasteiger partial charge in [0.2, 0.25) is 0 Å². The van der Waals surface area contributed by atoms with Crippen molar-refractivity contribution < 1.29 is 4.79 Å². The maximum Gasteiger partial charge on any atom is 0.315 e. The highest BCUT2D eigenvalue weighted by atomic mass is 16.2. The highest BCUT2D eigenvalue weighted by molar-refractivity contribution is 5.75. The number of nitrogens with two attached hydrogens (primary N) is 1. The maximum absolute atomic E-state index is 12.2. The first-order chi connectivity index (χ1) is 10.1. The van der Waals surface area contributed by atoms with Gasteiger partial charge in [-0.05, 0) is 56.6 Å². The Morgan fingerprint density at radius 3 is 2.71 bits per heavy atom. The molecule has 0 saturated heterocycles. The number of carbonyl (C=O) groups excluding carboxylic acids is 1. The Balaban J connectivity index is 1.54. The molecule has 0 heterocycles. The van der Waals surface area contributed by atoms with Crippen molar-refractivity contribution in [3.8, 4) is 0 Å². The molecule has 2 saturated carbocycles. The molecule has 1 aromatic rings. The normalized spacial score (nSPS) is 26.4. The SMILES string of the molecule is Cc1ccccc1CC1(NC(=O)N[C@@H]2CC[C@@H](N)C2)CC1. The lowest BCUT2D eigenvalue weighted by Crippen LogP contribution is -2.48. The van der Waals surface area contributed by atoms with Gasteiger partial charge in [0, 0.05) is 17.6 Å². The molecule has 4 nitrogen and oxygen atoms in total. The van der Waals surface area contributed by atoms with Gasteiger partial charge in [-0.25, -0.2) is 4.79 Å². The van der Waals surface area contributed by atoms with Crippen molar-refractivity contribution in [1.82, 2.24) is 10.6 Å². The Bertz CT molecular complexity index is 525. The van der Waals surface area contributed by atoms with E-state index in [0.717, 1.165) is 38.5 Å². The third-order valence-corrected chi connectivity index (χ3v) is 4.83. The zero-order chi connectivity index (χ0) is 14.9. The fourth-order valence-corrected chi connectivity index (χ4v) is 3.28. The van der Waals surface area contributed by atoms with Gasteiger partial charge in [-0.2, -0.15) is 0 Å². The summed E-state index contributed by atoms with van der Waals surface area (Å²) >= 11 is 0. The molecule has 0 spiro atoms. The van der Waals surface area contributed by atoms with Gasteiger partial charge in [0.05, 0.1) is 0 Å². The summed E-state index contributed by atoms with van der Waals surface area (Å²) < 4.78 is 0. The quantitative estimate of drug-likeness (QED) is 0.795. The van der Waals surface area contributed by atoms with Crippen molar-refractivity contribution in [2.45, 2.75) is 63.1 Å². The van der Waals surface area contributed by atoms with Gasteiger partial charge < -0.3 is 16.4 Å². The Kier molecular flexibility index (Phi) is 3.89. The van der Waals surface area contributed by atoms with Crippen molar-refractivity contribution in [3.63, 3.8) is 0 Å². The van der Waals surface area contributed by atoms with Gasteiger partial charge in [-0.15, -0.1) is 0 Å². The number of urea groups is 1. The van der Waals surface area contributed by atoms with E-state index in [2.05, 4.69) is 41.8 Å². The van der Waals surface area contributed by atoms with Crippen LogP contribution < -0.4 is 16.4 Å². The van der Waals surface area contributed by atoms with Crippen LogP contribution in [-0.4, -0.2) is 23.7 Å². The van der Waals surface area contributed by atoms with Gasteiger partial charge in [0.25, 0.3) is 0 Å². The Morgan fingerprint density at radius 2 is 2.10 bits per heavy atom. The van der Waals surface area contributed by atoms with Crippen LogP contribution in [0.5, 0.6) is 0 Å². The molecule has 0 aromatic heterocycles. The molecule has 0 bridgehead atoms. The van der Waals surface area contributed by atoms with Crippen LogP contribution in [0.4, 0.5) is 4.79 Å². The number of nitrogens with one attached hydrogen (secondary N) is 2. The molecule has 0 unspecified atom stereocenters. The van der Waals surface area contributed by atoms with E-state index in [1.807, 2.05) is 0 Å². The van der Waals surface area contributed by atoms with Gasteiger partial charge in [-0.3, -0.25) is 0 Å². The molecule has 3 rings (SSSR count). The smallest absolute Gasteiger partial charge is 0.315 e. The number of amides is 2. The van der Waals surface area contributed by atoms with Crippen LogP contribution >= 0.6 is 0 Å². The molecule has 4 heteroatoms. The summed E-state index contributed by atoms with van der Waals surface area (Å²) in [6.07, 6.45) is 5.98. The predicted molar refractivity (Wildman–Crippen MR) is 84.1 cm³/mol. The lowest BCUT2D eigenvalue weighted by molar-refractivity contribution is 0.231. The number of hydrogen-bond donors (Lipinski definition) is 3. The van der Waals surface area contributed by atoms with E-state index in [1.54, 1.807) is 0 Å². The van der Waals surface area contributed by atoms with Crippen LogP contribution in [0, 0.1) is 6.92 Å². The van der Waals surface area contributed by atoms with E-state index in [-0.39, 0.29) is 23.7 Å². The number of benzene rings is 1. The minimum absolute atomic E-state index is 0.0276. The fraction of sp³-hybridized carbons (Fsp3) is 0.588. The van der Waals surface area contributed by atoms with Crippen molar-refractivity contribution in [1.29, 1.82) is 0 Å². The molecular formula is C17H25N3O. The molecule has 4 N–H and O–H groups in total. The van der Waals surface area contributed by atoms with Crippen molar-refractivity contribution in [2.75, 3.05) is 0 Å². The van der Waals surface area contributed by atoms with Gasteiger partial charge in [0.15, 0.2) is 0 Å². The minimum Gasteiger partial charge on any atom is -0.335 e. The molecule has 114 valence electrons. The second kappa shape index (κ2) is 5.68. The average molecular weight is 287 g/mol. The zero-order valence-electron chi connectivity index (χ0n) is 12.7. The Morgan fingerprint density at radius 1 is 1.33 bits per heavy atom. The summed E-state index contributed by atoms with van der Waals surface area (Å²) in [6.45, 7) is 2.13. The molecular weight excluding hydrogens is 262 g/mol. The lowest BCUT2D eigenvalue weighted by Gasteiger charge is -2.21. The zero-order valence-corrected chi connectivity index (χ0v) is 12.7. The van der Waals surface area contributed by atoms with Crippen molar-refractivity contribution in [3.05, 3.63) is 35.4 Å². The number of hydrogen-bond acceptors (Lipinski definition) is 2. The molecule has 1 aromatic carbocycles. The first-order valence-corrected chi connectivity index (χ1v) is 7.95. The van der Waals surface area contributed by atoms with Crippen LogP contribution in [-0.2, 0) is 6.42 Å². The predicted octanol–water partition coefficient (Wildman–Crippen LogP) is 2.25. The first kappa shape index (κ1) is 14.4. The van der Waals surface area contributed by atoms with E-state index in [0.29, 0.717) is 0 Å². The standard InChI is InChI=1S/C17H25N3O/c1-12-4-2-3-5-13(12)11-17(8-9-17)20-16(21)19-15-7-6-14(18)10-15/h2-5,14-15H,6-11,18H2,1H3,(H2,19,20,21)/t14-,15-/m1/s1. The van der Waals surface area contributed by atoms with Crippen LogP contribution in [0.3, 0.4) is 0 Å². The average Bonchev–Trinajstić information content (AvgIpc) is 3.05. The van der Waals surface area contributed by atoms with E-state index >= 15 is 0 Å². The highest BCUT2D eigenvalue weighted by Gasteiger charge is 2.44. The lowest BCUT2D eigenvalue weighted by atomic mass is 10.00. The minimum atomic E-state index is -0.0308. The second-order valence-electron chi connectivity index (χ2n) is 6.75. The number of carbonyl (C=O) groups is 1. The highest BCUT2D eigenvalue weighted by Crippen LogP contribution is 2.39. The molecule has 21 heavy (non-hydrogen) atoms. The molecule has 0 aliphatic heterocycles. The molecule has 2 amide bonds. The third-order valence-electron chi connectivity index (χ3n) is 4.83. The first-order valence-electron chi connectivity index (χ1n) is 7.95. The molecule has 2 fully saturated rings. The molecule has 0 radical (unpaired) electrons. The molecule has 2 atom stereocenters. The summed E-state index contributed by atoms with van der Waals surface area (Å²) in [5.41, 5.74) is 8.49. The van der Waals surface area contributed by atoms with Gasteiger partial charge >= 0.3 is 6.03 Å². The Labute approximate surface area is 126 Å². The van der Waals surface area contributed by atoms with Crippen molar-refractivity contribution in [2.24, 2.45) is 5.73 Å². The summed E-state index contributed by atoms with van der Waals surface area (Å²) in [5.74, 6) is 0. The van der Waals surface area contributed by atoms with Crippen LogP contribution in [0.2, 0.25) is 0 Å². The number of aryl methyl sites for hydroxylation is 1. The summed E-state index contributed by atoms with van der Waals surface area (Å²) in [7, 11) is 0. The largest absolute Gasteiger partial charge is 0.335 e. The second-order valence-corrected chi connectivity index (χ2v) is 6.75. The van der Waals surface area contributed by atoms with E-state index in [4.69, 9.17) is 5.73 Å². The topological polar surface area (TPSA) is 67.2 Å². The summed E-state index contributed by atoms with van der Waals surface area (Å²) in [6, 6.07) is 8.88. The molecule has 2 aliphatic carbocycles. The van der Waals surface area contributed by atoms with Crippen molar-refractivity contribution >= 4 is 6.03 Å². The van der Waals surface area contributed by atoms with Crippen LogP contribution in [0.1, 0.15) is 43.2 Å².